The Balaban J connectivity index is 2.38. The Morgan fingerprint density at radius 3 is 2.31 bits per heavy atom. The highest BCUT2D eigenvalue weighted by molar-refractivity contribution is 9.11. The molecule has 2 heterocycles. The van der Waals surface area contributed by atoms with Crippen molar-refractivity contribution in [3.8, 4) is 0 Å². The minimum absolute atomic E-state index is 0.0249. The average Bonchev–Trinajstić information content (AvgIpc) is 2.70. The van der Waals surface area contributed by atoms with Crippen molar-refractivity contribution in [3.63, 3.8) is 0 Å². The summed E-state index contributed by atoms with van der Waals surface area (Å²) in [6.07, 6.45) is 0. The van der Waals surface area contributed by atoms with Crippen molar-refractivity contribution in [2.75, 3.05) is 0 Å². The first-order valence-corrected chi connectivity index (χ1v) is 7.98. The lowest BCUT2D eigenvalue weighted by atomic mass is 10.2. The van der Waals surface area contributed by atoms with Gasteiger partial charge in [-0.05, 0) is 63.4 Å². The zero-order valence-electron chi connectivity index (χ0n) is 8.88. The molecule has 0 aliphatic carbocycles. The number of nitrogens with two attached hydrogens (primary N) is 1. The van der Waals surface area contributed by atoms with Crippen LogP contribution in [0.15, 0.2) is 20.4 Å². The summed E-state index contributed by atoms with van der Waals surface area (Å²) in [4.78, 5) is 3.68. The Morgan fingerprint density at radius 1 is 1.19 bits per heavy atom. The molecule has 16 heavy (non-hydrogen) atoms. The number of hydrogen-bond donors (Lipinski definition) is 1. The lowest BCUT2D eigenvalue weighted by molar-refractivity contribution is 0.911. The van der Waals surface area contributed by atoms with Crippen molar-refractivity contribution in [1.29, 1.82) is 0 Å². The van der Waals surface area contributed by atoms with Crippen LogP contribution >= 0.6 is 54.5 Å². The molecule has 0 aliphatic rings. The van der Waals surface area contributed by atoms with E-state index in [4.69, 9.17) is 5.73 Å². The van der Waals surface area contributed by atoms with Crippen molar-refractivity contribution in [2.45, 2.75) is 19.9 Å². The molecule has 2 aromatic heterocycles. The topological polar surface area (TPSA) is 26.0 Å². The second-order valence-corrected chi connectivity index (χ2v) is 8.20. The van der Waals surface area contributed by atoms with Crippen molar-refractivity contribution in [3.05, 3.63) is 40.6 Å². The molecule has 0 saturated carbocycles. The average molecular weight is 381 g/mol. The maximum absolute atomic E-state index is 6.28. The van der Waals surface area contributed by atoms with Crippen LogP contribution < -0.4 is 5.73 Å². The van der Waals surface area contributed by atoms with Crippen LogP contribution in [0, 0.1) is 13.8 Å². The first kappa shape index (κ1) is 12.8. The van der Waals surface area contributed by atoms with Crippen molar-refractivity contribution in [1.82, 2.24) is 0 Å². The maximum atomic E-state index is 6.28. The Bertz CT molecular complexity index is 497. The lowest BCUT2D eigenvalue weighted by Gasteiger charge is -2.07. The van der Waals surface area contributed by atoms with Crippen LogP contribution in [0.25, 0.3) is 0 Å². The molecule has 0 aromatic carbocycles. The molecule has 1 atom stereocenters. The van der Waals surface area contributed by atoms with E-state index < -0.39 is 0 Å². The summed E-state index contributed by atoms with van der Waals surface area (Å²) in [5.41, 5.74) is 7.53. The van der Waals surface area contributed by atoms with E-state index in [1.807, 2.05) is 0 Å². The minimum atomic E-state index is -0.0249. The van der Waals surface area contributed by atoms with Gasteiger partial charge < -0.3 is 5.73 Å². The zero-order valence-corrected chi connectivity index (χ0v) is 13.7. The fraction of sp³-hybridized carbons (Fsp3) is 0.273. The second kappa shape index (κ2) is 4.90. The van der Waals surface area contributed by atoms with E-state index in [1.165, 1.54) is 24.0 Å². The number of thiophene rings is 2. The second-order valence-electron chi connectivity index (χ2n) is 3.65. The Kier molecular flexibility index (Phi) is 3.91. The largest absolute Gasteiger partial charge is 0.319 e. The van der Waals surface area contributed by atoms with Gasteiger partial charge in [-0.25, -0.2) is 0 Å². The van der Waals surface area contributed by atoms with Crippen LogP contribution in [0.4, 0.5) is 0 Å². The zero-order chi connectivity index (χ0) is 11.9. The van der Waals surface area contributed by atoms with Crippen molar-refractivity contribution in [2.24, 2.45) is 5.73 Å². The van der Waals surface area contributed by atoms with Gasteiger partial charge in [-0.1, -0.05) is 0 Å². The van der Waals surface area contributed by atoms with Gasteiger partial charge >= 0.3 is 0 Å². The smallest absolute Gasteiger partial charge is 0.0751 e. The SMILES string of the molecule is Cc1cc(Br)c(C(N)c2cc(C)c(Br)s2)s1. The van der Waals surface area contributed by atoms with Gasteiger partial charge in [-0.2, -0.15) is 0 Å². The molecule has 0 aliphatic heterocycles. The van der Waals surface area contributed by atoms with Crippen molar-refractivity contribution >= 4 is 54.5 Å². The molecule has 2 rings (SSSR count). The van der Waals surface area contributed by atoms with Gasteiger partial charge in [0, 0.05) is 19.1 Å². The van der Waals surface area contributed by atoms with E-state index in [0.717, 1.165) is 4.47 Å². The highest BCUT2D eigenvalue weighted by Crippen LogP contribution is 2.38. The van der Waals surface area contributed by atoms with E-state index in [2.05, 4.69) is 57.8 Å². The van der Waals surface area contributed by atoms with Gasteiger partial charge in [0.05, 0.1) is 9.83 Å². The van der Waals surface area contributed by atoms with Crippen LogP contribution in [-0.4, -0.2) is 0 Å². The Morgan fingerprint density at radius 2 is 1.88 bits per heavy atom. The fourth-order valence-corrected chi connectivity index (χ4v) is 5.05. The van der Waals surface area contributed by atoms with Crippen LogP contribution in [0.1, 0.15) is 26.2 Å². The molecule has 1 unspecified atom stereocenters. The van der Waals surface area contributed by atoms with E-state index >= 15 is 0 Å². The van der Waals surface area contributed by atoms with E-state index in [9.17, 15) is 0 Å². The van der Waals surface area contributed by atoms with Gasteiger partial charge in [0.2, 0.25) is 0 Å². The summed E-state index contributed by atoms with van der Waals surface area (Å²) < 4.78 is 2.28. The van der Waals surface area contributed by atoms with Gasteiger partial charge in [0.15, 0.2) is 0 Å². The van der Waals surface area contributed by atoms with Gasteiger partial charge in [0.25, 0.3) is 0 Å². The van der Waals surface area contributed by atoms with Crippen LogP contribution in [0.5, 0.6) is 0 Å². The molecule has 2 N–H and O–H groups in total. The van der Waals surface area contributed by atoms with Gasteiger partial charge in [0.1, 0.15) is 0 Å². The highest BCUT2D eigenvalue weighted by atomic mass is 79.9. The van der Waals surface area contributed by atoms with Crippen LogP contribution in [0.2, 0.25) is 0 Å². The molecule has 0 radical (unpaired) electrons. The quantitative estimate of drug-likeness (QED) is 0.779. The fourth-order valence-electron chi connectivity index (χ4n) is 1.48. The molecule has 1 nitrogen and oxygen atoms in total. The number of halogens is 2. The molecule has 0 spiro atoms. The highest BCUT2D eigenvalue weighted by Gasteiger charge is 2.17. The number of hydrogen-bond acceptors (Lipinski definition) is 3. The Hall–Kier alpha value is 0.320. The third kappa shape index (κ3) is 2.43. The summed E-state index contributed by atoms with van der Waals surface area (Å²) in [6.45, 7) is 4.19. The van der Waals surface area contributed by atoms with Gasteiger partial charge in [-0.3, -0.25) is 0 Å². The predicted octanol–water partition coefficient (Wildman–Crippen LogP) is 5.00. The molecule has 0 bridgehead atoms. The molecule has 0 fully saturated rings. The summed E-state index contributed by atoms with van der Waals surface area (Å²) >= 11 is 10.6. The Labute approximate surface area is 120 Å². The molecule has 0 amide bonds. The lowest BCUT2D eigenvalue weighted by Crippen LogP contribution is -2.08. The third-order valence-electron chi connectivity index (χ3n) is 2.30. The molecule has 5 heteroatoms. The van der Waals surface area contributed by atoms with E-state index in [-0.39, 0.29) is 6.04 Å². The molecule has 0 saturated heterocycles. The van der Waals surface area contributed by atoms with Gasteiger partial charge in [-0.15, -0.1) is 22.7 Å². The first-order valence-electron chi connectivity index (χ1n) is 4.76. The summed E-state index contributed by atoms with van der Waals surface area (Å²) in [5, 5.41) is 0. The molecule has 2 aromatic rings. The first-order chi connectivity index (χ1) is 7.49. The standard InChI is InChI=1S/C11H11Br2NS2/c1-5-3-8(16-11(5)13)9(14)10-7(12)4-6(2)15-10/h3-4,9H,14H2,1-2H3. The summed E-state index contributed by atoms with van der Waals surface area (Å²) in [5.74, 6) is 0. The molecule has 86 valence electrons. The number of rotatable bonds is 2. The summed E-state index contributed by atoms with van der Waals surface area (Å²) in [6, 6.07) is 4.25. The molecular weight excluding hydrogens is 370 g/mol. The van der Waals surface area contributed by atoms with Crippen LogP contribution in [-0.2, 0) is 0 Å². The number of aryl methyl sites for hydroxylation is 2. The maximum Gasteiger partial charge on any atom is 0.0751 e. The summed E-state index contributed by atoms with van der Waals surface area (Å²) in [7, 11) is 0. The molecular formula is C11H11Br2NS2. The minimum Gasteiger partial charge on any atom is -0.319 e. The monoisotopic (exact) mass is 379 g/mol. The van der Waals surface area contributed by atoms with Crippen molar-refractivity contribution < 1.29 is 0 Å². The predicted molar refractivity (Wildman–Crippen MR) is 79.5 cm³/mol. The normalized spacial score (nSPS) is 13.1. The third-order valence-corrected chi connectivity index (χ3v) is 6.57. The van der Waals surface area contributed by atoms with E-state index in [1.54, 1.807) is 22.7 Å². The van der Waals surface area contributed by atoms with E-state index in [0.29, 0.717) is 0 Å². The van der Waals surface area contributed by atoms with Crippen LogP contribution in [0.3, 0.4) is 0 Å².